The number of thioether (sulfide) groups is 1. The van der Waals surface area contributed by atoms with Gasteiger partial charge in [0.2, 0.25) is 5.91 Å². The third kappa shape index (κ3) is 6.14. The molecular formula is C25H24N4O3S. The summed E-state index contributed by atoms with van der Waals surface area (Å²) in [6.45, 7) is 0.728. The molecule has 0 atom stereocenters. The van der Waals surface area contributed by atoms with Crippen LogP contribution in [-0.2, 0) is 17.9 Å². The van der Waals surface area contributed by atoms with E-state index in [0.717, 1.165) is 22.7 Å². The lowest BCUT2D eigenvalue weighted by molar-refractivity contribution is -0.118. The number of hydrogen-bond acceptors (Lipinski definition) is 6. The first-order chi connectivity index (χ1) is 16.2. The molecule has 0 radical (unpaired) electrons. The molecule has 168 valence electrons. The Kier molecular flexibility index (Phi) is 7.60. The number of para-hydroxylation sites is 1. The normalized spacial score (nSPS) is 10.6. The van der Waals surface area contributed by atoms with Crippen LogP contribution >= 0.6 is 11.8 Å². The van der Waals surface area contributed by atoms with Gasteiger partial charge in [0, 0.05) is 12.2 Å². The number of benzene rings is 3. The van der Waals surface area contributed by atoms with Crippen molar-refractivity contribution in [2.75, 3.05) is 12.9 Å². The van der Waals surface area contributed by atoms with Gasteiger partial charge in [0.1, 0.15) is 18.1 Å². The molecule has 1 aromatic heterocycles. The molecule has 33 heavy (non-hydrogen) atoms. The second-order valence-corrected chi connectivity index (χ2v) is 8.03. The lowest BCUT2D eigenvalue weighted by atomic mass is 10.2. The van der Waals surface area contributed by atoms with Gasteiger partial charge < -0.3 is 14.8 Å². The number of amides is 1. The van der Waals surface area contributed by atoms with E-state index in [-0.39, 0.29) is 18.3 Å². The van der Waals surface area contributed by atoms with Crippen molar-refractivity contribution in [3.05, 3.63) is 96.3 Å². The van der Waals surface area contributed by atoms with Crippen LogP contribution in [0.15, 0.2) is 90.1 Å². The van der Waals surface area contributed by atoms with Gasteiger partial charge >= 0.3 is 0 Å². The van der Waals surface area contributed by atoms with Crippen molar-refractivity contribution in [3.8, 4) is 17.2 Å². The zero-order valence-electron chi connectivity index (χ0n) is 18.2. The van der Waals surface area contributed by atoms with Gasteiger partial charge in [0.15, 0.2) is 11.0 Å². The van der Waals surface area contributed by atoms with Crippen molar-refractivity contribution in [1.82, 2.24) is 20.1 Å². The molecular weight excluding hydrogens is 436 g/mol. The molecule has 0 aliphatic carbocycles. The maximum absolute atomic E-state index is 12.4. The number of nitrogens with zero attached hydrogens (tertiary/aromatic N) is 3. The first kappa shape index (κ1) is 22.4. The minimum absolute atomic E-state index is 0.0739. The summed E-state index contributed by atoms with van der Waals surface area (Å²) >= 11 is 1.33. The minimum atomic E-state index is -0.0739. The molecule has 0 bridgehead atoms. The Morgan fingerprint density at radius 1 is 0.909 bits per heavy atom. The highest BCUT2D eigenvalue weighted by atomic mass is 32.2. The van der Waals surface area contributed by atoms with E-state index in [9.17, 15) is 4.79 Å². The fraction of sp³-hybridized carbons (Fsp3) is 0.160. The second-order valence-electron chi connectivity index (χ2n) is 7.08. The van der Waals surface area contributed by atoms with Gasteiger partial charge in [-0.25, -0.2) is 0 Å². The maximum atomic E-state index is 12.4. The number of rotatable bonds is 10. The Hall–Kier alpha value is -3.78. The fourth-order valence-corrected chi connectivity index (χ4v) is 3.92. The van der Waals surface area contributed by atoms with Crippen LogP contribution in [0.3, 0.4) is 0 Å². The lowest BCUT2D eigenvalue weighted by Crippen LogP contribution is -2.24. The zero-order chi connectivity index (χ0) is 22.9. The average molecular weight is 461 g/mol. The quantitative estimate of drug-likeness (QED) is 0.356. The first-order valence-electron chi connectivity index (χ1n) is 10.4. The van der Waals surface area contributed by atoms with E-state index in [4.69, 9.17) is 9.47 Å². The van der Waals surface area contributed by atoms with E-state index < -0.39 is 0 Å². The molecule has 1 heterocycles. The van der Waals surface area contributed by atoms with E-state index >= 15 is 0 Å². The molecule has 0 aliphatic heterocycles. The topological polar surface area (TPSA) is 78.3 Å². The number of nitrogens with one attached hydrogen (secondary N) is 1. The molecule has 4 aromatic rings. The van der Waals surface area contributed by atoms with Gasteiger partial charge in [-0.2, -0.15) is 0 Å². The first-order valence-corrected chi connectivity index (χ1v) is 11.4. The maximum Gasteiger partial charge on any atom is 0.230 e. The molecule has 8 heteroatoms. The van der Waals surface area contributed by atoms with Crippen LogP contribution < -0.4 is 14.8 Å². The van der Waals surface area contributed by atoms with Crippen molar-refractivity contribution >= 4 is 17.7 Å². The Balaban J connectivity index is 1.47. The zero-order valence-corrected chi connectivity index (χ0v) is 19.0. The van der Waals surface area contributed by atoms with Gasteiger partial charge in [-0.05, 0) is 42.0 Å². The molecule has 7 nitrogen and oxygen atoms in total. The number of carbonyl (C=O) groups is 1. The molecule has 0 spiro atoms. The van der Waals surface area contributed by atoms with Gasteiger partial charge in [0.05, 0.1) is 12.9 Å². The number of aromatic nitrogens is 3. The Bertz CT molecular complexity index is 1170. The highest BCUT2D eigenvalue weighted by Crippen LogP contribution is 2.24. The SMILES string of the molecule is COc1ccc(-n2c(COc3ccccc3)nnc2SCC(=O)NCc2ccccc2)cc1. The fourth-order valence-electron chi connectivity index (χ4n) is 3.12. The molecule has 4 rings (SSSR count). The Labute approximate surface area is 196 Å². The molecule has 0 saturated heterocycles. The van der Waals surface area contributed by atoms with Crippen molar-refractivity contribution < 1.29 is 14.3 Å². The third-order valence-electron chi connectivity index (χ3n) is 4.81. The third-order valence-corrected chi connectivity index (χ3v) is 5.74. The van der Waals surface area contributed by atoms with Crippen LogP contribution in [0.25, 0.3) is 5.69 Å². The number of ether oxygens (including phenoxy) is 2. The van der Waals surface area contributed by atoms with Crippen LogP contribution in [0.5, 0.6) is 11.5 Å². The Morgan fingerprint density at radius 2 is 1.61 bits per heavy atom. The molecule has 0 saturated carbocycles. The predicted molar refractivity (Wildman–Crippen MR) is 128 cm³/mol. The summed E-state index contributed by atoms with van der Waals surface area (Å²) in [6, 6.07) is 27.0. The van der Waals surface area contributed by atoms with E-state index in [2.05, 4.69) is 15.5 Å². The van der Waals surface area contributed by atoms with Gasteiger partial charge in [-0.1, -0.05) is 60.3 Å². The van der Waals surface area contributed by atoms with E-state index in [0.29, 0.717) is 17.5 Å². The number of methoxy groups -OCH3 is 1. The second kappa shape index (κ2) is 11.2. The summed E-state index contributed by atoms with van der Waals surface area (Å²) in [5.41, 5.74) is 1.91. The molecule has 3 aromatic carbocycles. The lowest BCUT2D eigenvalue weighted by Gasteiger charge is -2.12. The summed E-state index contributed by atoms with van der Waals surface area (Å²) in [7, 11) is 1.63. The van der Waals surface area contributed by atoms with Crippen LogP contribution in [0.2, 0.25) is 0 Å². The molecule has 0 fully saturated rings. The van der Waals surface area contributed by atoms with Crippen LogP contribution in [0, 0.1) is 0 Å². The highest BCUT2D eigenvalue weighted by Gasteiger charge is 2.17. The van der Waals surface area contributed by atoms with Gasteiger partial charge in [0.25, 0.3) is 0 Å². The Morgan fingerprint density at radius 3 is 2.30 bits per heavy atom. The molecule has 0 aliphatic rings. The van der Waals surface area contributed by atoms with Gasteiger partial charge in [-0.3, -0.25) is 9.36 Å². The summed E-state index contributed by atoms with van der Waals surface area (Å²) in [5, 5.41) is 12.2. The largest absolute Gasteiger partial charge is 0.497 e. The van der Waals surface area contributed by atoms with Crippen molar-refractivity contribution in [2.24, 2.45) is 0 Å². The molecule has 1 amide bonds. The van der Waals surface area contributed by atoms with Crippen LogP contribution in [0.4, 0.5) is 0 Å². The van der Waals surface area contributed by atoms with Crippen LogP contribution in [0.1, 0.15) is 11.4 Å². The standard InChI is InChI=1S/C25H24N4O3S/c1-31-21-14-12-20(13-15-21)29-23(17-32-22-10-6-3-7-11-22)27-28-25(29)33-18-24(30)26-16-19-8-4-2-5-9-19/h2-15H,16-18H2,1H3,(H,26,30). The average Bonchev–Trinajstić information content (AvgIpc) is 3.29. The van der Waals surface area contributed by atoms with E-state index in [1.165, 1.54) is 11.8 Å². The van der Waals surface area contributed by atoms with Crippen molar-refractivity contribution in [2.45, 2.75) is 18.3 Å². The summed E-state index contributed by atoms with van der Waals surface area (Å²) in [6.07, 6.45) is 0. The van der Waals surface area contributed by atoms with Crippen molar-refractivity contribution in [1.29, 1.82) is 0 Å². The summed E-state index contributed by atoms with van der Waals surface area (Å²) in [4.78, 5) is 12.4. The predicted octanol–water partition coefficient (Wildman–Crippen LogP) is 4.26. The molecule has 0 unspecified atom stereocenters. The van der Waals surface area contributed by atoms with Crippen molar-refractivity contribution in [3.63, 3.8) is 0 Å². The summed E-state index contributed by atoms with van der Waals surface area (Å²) in [5.74, 6) is 2.28. The minimum Gasteiger partial charge on any atom is -0.497 e. The number of carbonyl (C=O) groups excluding carboxylic acids is 1. The monoisotopic (exact) mass is 460 g/mol. The molecule has 1 N–H and O–H groups in total. The smallest absolute Gasteiger partial charge is 0.230 e. The summed E-state index contributed by atoms with van der Waals surface area (Å²) < 4.78 is 13.1. The van der Waals surface area contributed by atoms with Gasteiger partial charge in [-0.15, -0.1) is 10.2 Å². The highest BCUT2D eigenvalue weighted by molar-refractivity contribution is 7.99. The number of hydrogen-bond donors (Lipinski definition) is 1. The van der Waals surface area contributed by atoms with E-state index in [1.54, 1.807) is 7.11 Å². The van der Waals surface area contributed by atoms with E-state index in [1.807, 2.05) is 89.5 Å². The van der Waals surface area contributed by atoms with Crippen LogP contribution in [-0.4, -0.2) is 33.5 Å².